The van der Waals surface area contributed by atoms with Crippen molar-refractivity contribution in [1.82, 2.24) is 4.90 Å². The topological polar surface area (TPSA) is 53.7 Å². The Bertz CT molecular complexity index is 390. The summed E-state index contributed by atoms with van der Waals surface area (Å²) in [6.45, 7) is 1.55. The van der Waals surface area contributed by atoms with Crippen molar-refractivity contribution < 1.29 is 18.7 Å². The predicted molar refractivity (Wildman–Crippen MR) is 54.9 cm³/mol. The lowest BCUT2D eigenvalue weighted by atomic mass is 10.2. The first-order chi connectivity index (χ1) is 7.61. The molecule has 0 saturated carbocycles. The van der Waals surface area contributed by atoms with E-state index in [-0.39, 0.29) is 31.2 Å². The largest absolute Gasteiger partial charge is 0.456 e. The standard InChI is InChI=1S/C11H14FNO3/c1-7-2-3-10(16-7)11(15)13-5-8(12)4-9(13)6-14/h2-3,8-9,14H,4-6H2,1H3/t8-,9-/m0/s1. The minimum atomic E-state index is -1.06. The number of aliphatic hydroxyl groups is 1. The first-order valence-corrected chi connectivity index (χ1v) is 5.24. The lowest BCUT2D eigenvalue weighted by Gasteiger charge is -2.21. The molecule has 16 heavy (non-hydrogen) atoms. The molecule has 1 aliphatic heterocycles. The molecule has 2 heterocycles. The van der Waals surface area contributed by atoms with Crippen LogP contribution in [0.4, 0.5) is 4.39 Å². The van der Waals surface area contributed by atoms with Crippen LogP contribution >= 0.6 is 0 Å². The molecule has 88 valence electrons. The second kappa shape index (κ2) is 4.25. The number of hydrogen-bond donors (Lipinski definition) is 1. The van der Waals surface area contributed by atoms with E-state index in [1.807, 2.05) is 0 Å². The molecule has 1 aromatic heterocycles. The van der Waals surface area contributed by atoms with Crippen LogP contribution in [0.25, 0.3) is 0 Å². The molecule has 1 fully saturated rings. The van der Waals surface area contributed by atoms with E-state index >= 15 is 0 Å². The maximum atomic E-state index is 13.2. The number of carbonyl (C=O) groups is 1. The Balaban J connectivity index is 2.15. The van der Waals surface area contributed by atoms with Crippen molar-refractivity contribution in [3.05, 3.63) is 23.7 Å². The van der Waals surface area contributed by atoms with Crippen LogP contribution in [0.2, 0.25) is 0 Å². The highest BCUT2D eigenvalue weighted by Crippen LogP contribution is 2.22. The third-order valence-electron chi connectivity index (χ3n) is 2.79. The summed E-state index contributed by atoms with van der Waals surface area (Å²) in [5.41, 5.74) is 0. The van der Waals surface area contributed by atoms with Gasteiger partial charge < -0.3 is 14.4 Å². The Morgan fingerprint density at radius 2 is 2.44 bits per heavy atom. The number of carbonyl (C=O) groups excluding carboxylic acids is 1. The second-order valence-corrected chi connectivity index (χ2v) is 4.04. The first-order valence-electron chi connectivity index (χ1n) is 5.24. The van der Waals surface area contributed by atoms with E-state index in [1.165, 1.54) is 4.90 Å². The number of aryl methyl sites for hydroxylation is 1. The van der Waals surface area contributed by atoms with Crippen molar-refractivity contribution in [2.45, 2.75) is 25.6 Å². The highest BCUT2D eigenvalue weighted by molar-refractivity contribution is 5.92. The molecule has 5 heteroatoms. The Labute approximate surface area is 92.7 Å². The van der Waals surface area contributed by atoms with Crippen molar-refractivity contribution in [2.75, 3.05) is 13.2 Å². The van der Waals surface area contributed by atoms with Gasteiger partial charge in [-0.2, -0.15) is 0 Å². The number of aliphatic hydroxyl groups excluding tert-OH is 1. The maximum Gasteiger partial charge on any atom is 0.289 e. The Hall–Kier alpha value is -1.36. The molecule has 0 bridgehead atoms. The van der Waals surface area contributed by atoms with Gasteiger partial charge in [0.1, 0.15) is 11.9 Å². The van der Waals surface area contributed by atoms with Gasteiger partial charge in [-0.1, -0.05) is 0 Å². The Kier molecular flexibility index (Phi) is 2.96. The van der Waals surface area contributed by atoms with Gasteiger partial charge >= 0.3 is 0 Å². The molecular weight excluding hydrogens is 213 g/mol. The highest BCUT2D eigenvalue weighted by Gasteiger charge is 2.36. The lowest BCUT2D eigenvalue weighted by Crippen LogP contribution is -2.37. The van der Waals surface area contributed by atoms with Gasteiger partial charge in [0, 0.05) is 6.42 Å². The van der Waals surface area contributed by atoms with Crippen molar-refractivity contribution in [1.29, 1.82) is 0 Å². The van der Waals surface area contributed by atoms with Gasteiger partial charge in [-0.15, -0.1) is 0 Å². The first kappa shape index (κ1) is 11.1. The summed E-state index contributed by atoms with van der Waals surface area (Å²) in [5, 5.41) is 9.06. The molecule has 0 unspecified atom stereocenters. The molecular formula is C11H14FNO3. The summed E-state index contributed by atoms with van der Waals surface area (Å²) in [4.78, 5) is 13.3. The smallest absolute Gasteiger partial charge is 0.289 e. The molecule has 1 saturated heterocycles. The highest BCUT2D eigenvalue weighted by atomic mass is 19.1. The molecule has 1 N–H and O–H groups in total. The van der Waals surface area contributed by atoms with Gasteiger partial charge in [-0.05, 0) is 19.1 Å². The average molecular weight is 227 g/mol. The minimum Gasteiger partial charge on any atom is -0.456 e. The van der Waals surface area contributed by atoms with Gasteiger partial charge in [-0.3, -0.25) is 4.79 Å². The minimum absolute atomic E-state index is 0.0316. The van der Waals surface area contributed by atoms with Crippen molar-refractivity contribution in [3.8, 4) is 0 Å². The zero-order chi connectivity index (χ0) is 11.7. The van der Waals surface area contributed by atoms with E-state index in [0.29, 0.717) is 5.76 Å². The van der Waals surface area contributed by atoms with E-state index in [0.717, 1.165) is 0 Å². The number of alkyl halides is 1. The van der Waals surface area contributed by atoms with Crippen LogP contribution in [0.5, 0.6) is 0 Å². The molecule has 2 rings (SSSR count). The fourth-order valence-electron chi connectivity index (χ4n) is 1.97. The van der Waals surface area contributed by atoms with E-state index in [4.69, 9.17) is 9.52 Å². The second-order valence-electron chi connectivity index (χ2n) is 4.04. The van der Waals surface area contributed by atoms with Crippen LogP contribution in [0.1, 0.15) is 22.7 Å². The van der Waals surface area contributed by atoms with E-state index in [1.54, 1.807) is 19.1 Å². The fourth-order valence-corrected chi connectivity index (χ4v) is 1.97. The van der Waals surface area contributed by atoms with E-state index < -0.39 is 12.2 Å². The van der Waals surface area contributed by atoms with Crippen molar-refractivity contribution in [3.63, 3.8) is 0 Å². The summed E-state index contributed by atoms with van der Waals surface area (Å²) in [6, 6.07) is 2.81. The monoisotopic (exact) mass is 227 g/mol. The van der Waals surface area contributed by atoms with Crippen LogP contribution in [-0.2, 0) is 0 Å². The fraction of sp³-hybridized carbons (Fsp3) is 0.545. The third-order valence-corrected chi connectivity index (χ3v) is 2.79. The van der Waals surface area contributed by atoms with E-state index in [9.17, 15) is 9.18 Å². The summed E-state index contributed by atoms with van der Waals surface area (Å²) in [5.74, 6) is 0.484. The summed E-state index contributed by atoms with van der Waals surface area (Å²) >= 11 is 0. The number of nitrogens with zero attached hydrogens (tertiary/aromatic N) is 1. The van der Waals surface area contributed by atoms with Gasteiger partial charge in [-0.25, -0.2) is 4.39 Å². The van der Waals surface area contributed by atoms with Gasteiger partial charge in [0.05, 0.1) is 19.2 Å². The van der Waals surface area contributed by atoms with Crippen molar-refractivity contribution in [2.24, 2.45) is 0 Å². The van der Waals surface area contributed by atoms with Gasteiger partial charge in [0.15, 0.2) is 5.76 Å². The van der Waals surface area contributed by atoms with Crippen LogP contribution in [-0.4, -0.2) is 41.3 Å². The zero-order valence-electron chi connectivity index (χ0n) is 9.02. The van der Waals surface area contributed by atoms with E-state index in [2.05, 4.69) is 0 Å². The van der Waals surface area contributed by atoms with Crippen LogP contribution in [0.15, 0.2) is 16.5 Å². The molecule has 1 aliphatic rings. The summed E-state index contributed by atoms with van der Waals surface area (Å²) in [7, 11) is 0. The normalized spacial score (nSPS) is 25.1. The van der Waals surface area contributed by atoms with Crippen LogP contribution < -0.4 is 0 Å². The molecule has 0 radical (unpaired) electrons. The predicted octanol–water partition coefficient (Wildman–Crippen LogP) is 1.13. The third kappa shape index (κ3) is 1.95. The number of likely N-dealkylation sites (tertiary alicyclic amines) is 1. The number of amides is 1. The number of halogens is 1. The SMILES string of the molecule is Cc1ccc(C(=O)N2C[C@@H](F)C[C@H]2CO)o1. The zero-order valence-corrected chi connectivity index (χ0v) is 9.02. The van der Waals surface area contributed by atoms with Crippen molar-refractivity contribution >= 4 is 5.91 Å². The quantitative estimate of drug-likeness (QED) is 0.824. The molecule has 0 spiro atoms. The number of hydrogen-bond acceptors (Lipinski definition) is 3. The van der Waals surface area contributed by atoms with Gasteiger partial charge in [0.2, 0.25) is 0 Å². The molecule has 0 aromatic carbocycles. The molecule has 2 atom stereocenters. The lowest BCUT2D eigenvalue weighted by molar-refractivity contribution is 0.0640. The maximum absolute atomic E-state index is 13.2. The number of furan rings is 1. The average Bonchev–Trinajstić information content (AvgIpc) is 2.83. The summed E-state index contributed by atoms with van der Waals surface area (Å²) in [6.07, 6.45) is -0.862. The van der Waals surface area contributed by atoms with Crippen LogP contribution in [0, 0.1) is 6.92 Å². The number of rotatable bonds is 2. The Morgan fingerprint density at radius 3 is 3.00 bits per heavy atom. The Morgan fingerprint density at radius 1 is 1.69 bits per heavy atom. The van der Waals surface area contributed by atoms with Gasteiger partial charge in [0.25, 0.3) is 5.91 Å². The van der Waals surface area contributed by atoms with Crippen LogP contribution in [0.3, 0.4) is 0 Å². The molecule has 4 nitrogen and oxygen atoms in total. The molecule has 0 aliphatic carbocycles. The molecule has 1 amide bonds. The molecule has 1 aromatic rings. The summed E-state index contributed by atoms with van der Waals surface area (Å²) < 4.78 is 18.3.